The van der Waals surface area contributed by atoms with Crippen molar-refractivity contribution in [2.45, 2.75) is 6.92 Å². The number of hydrazone groups is 1. The van der Waals surface area contributed by atoms with Gasteiger partial charge in [0, 0.05) is 11.6 Å². The molecule has 0 saturated carbocycles. The molecule has 0 saturated heterocycles. The minimum atomic E-state index is -1.23. The maximum absolute atomic E-state index is 13.0. The first-order chi connectivity index (χ1) is 15.7. The van der Waals surface area contributed by atoms with Gasteiger partial charge in [-0.1, -0.05) is 23.2 Å². The largest absolute Gasteiger partial charge is 0.478 e. The van der Waals surface area contributed by atoms with Crippen molar-refractivity contribution >= 4 is 58.2 Å². The molecule has 0 atom stereocenters. The van der Waals surface area contributed by atoms with Gasteiger partial charge >= 0.3 is 5.97 Å². The summed E-state index contributed by atoms with van der Waals surface area (Å²) in [7, 11) is 0. The van der Waals surface area contributed by atoms with E-state index in [0.29, 0.717) is 22.8 Å². The first-order valence-electron chi connectivity index (χ1n) is 9.34. The van der Waals surface area contributed by atoms with Gasteiger partial charge in [-0.3, -0.25) is 14.9 Å². The Kier molecular flexibility index (Phi) is 5.75. The van der Waals surface area contributed by atoms with Crippen LogP contribution in [0.4, 0.5) is 11.4 Å². The molecule has 166 valence electrons. The van der Waals surface area contributed by atoms with Gasteiger partial charge in [0.15, 0.2) is 0 Å². The Morgan fingerprint density at radius 2 is 1.88 bits per heavy atom. The topological polar surface area (TPSA) is 126 Å². The molecule has 9 nitrogen and oxygen atoms in total. The molecule has 1 amide bonds. The molecule has 0 aliphatic carbocycles. The summed E-state index contributed by atoms with van der Waals surface area (Å²) in [6, 6.07) is 11.6. The number of benzene rings is 2. The average Bonchev–Trinajstić information content (AvgIpc) is 3.34. The zero-order chi connectivity index (χ0) is 23.9. The van der Waals surface area contributed by atoms with Crippen LogP contribution in [0.5, 0.6) is 0 Å². The zero-order valence-corrected chi connectivity index (χ0v) is 18.3. The number of hydrogen-bond donors (Lipinski definition) is 1. The fourth-order valence-electron chi connectivity index (χ4n) is 3.20. The minimum Gasteiger partial charge on any atom is -0.478 e. The zero-order valence-electron chi connectivity index (χ0n) is 16.8. The Bertz CT molecular complexity index is 1390. The summed E-state index contributed by atoms with van der Waals surface area (Å²) in [5, 5.41) is 25.7. The molecule has 3 aromatic rings. The third kappa shape index (κ3) is 4.23. The van der Waals surface area contributed by atoms with Crippen molar-refractivity contribution in [3.63, 3.8) is 0 Å². The molecule has 1 N–H and O–H groups in total. The average molecular weight is 486 g/mol. The maximum atomic E-state index is 13.0. The summed E-state index contributed by atoms with van der Waals surface area (Å²) < 4.78 is 5.75. The molecule has 0 spiro atoms. The van der Waals surface area contributed by atoms with Crippen LogP contribution in [0.25, 0.3) is 17.4 Å². The van der Waals surface area contributed by atoms with Crippen molar-refractivity contribution in [1.29, 1.82) is 0 Å². The number of furan rings is 1. The smallest absolute Gasteiger partial charge is 0.337 e. The predicted octanol–water partition coefficient (Wildman–Crippen LogP) is 5.67. The van der Waals surface area contributed by atoms with Gasteiger partial charge in [0.2, 0.25) is 0 Å². The third-order valence-electron chi connectivity index (χ3n) is 4.83. The molecular weight excluding hydrogens is 473 g/mol. The second-order valence-corrected chi connectivity index (χ2v) is 7.77. The lowest BCUT2D eigenvalue weighted by Crippen LogP contribution is -2.21. The van der Waals surface area contributed by atoms with Crippen LogP contribution in [-0.4, -0.2) is 27.6 Å². The number of carboxylic acids is 1. The lowest BCUT2D eigenvalue weighted by molar-refractivity contribution is -0.384. The molecule has 1 aromatic heterocycles. The highest BCUT2D eigenvalue weighted by Gasteiger charge is 2.30. The van der Waals surface area contributed by atoms with E-state index in [4.69, 9.17) is 27.6 Å². The van der Waals surface area contributed by atoms with Crippen LogP contribution in [0.15, 0.2) is 63.6 Å². The van der Waals surface area contributed by atoms with Crippen LogP contribution < -0.4 is 5.01 Å². The summed E-state index contributed by atoms with van der Waals surface area (Å²) >= 11 is 11.8. The Balaban J connectivity index is 1.64. The lowest BCUT2D eigenvalue weighted by Gasteiger charge is -2.12. The molecule has 0 radical (unpaired) electrons. The number of nitro benzene ring substituents is 1. The van der Waals surface area contributed by atoms with E-state index in [1.165, 1.54) is 36.4 Å². The number of aromatic carboxylic acids is 1. The van der Waals surface area contributed by atoms with Gasteiger partial charge < -0.3 is 9.52 Å². The Hall–Kier alpha value is -3.95. The van der Waals surface area contributed by atoms with Crippen LogP contribution in [0.3, 0.4) is 0 Å². The molecule has 0 unspecified atom stereocenters. The quantitative estimate of drug-likeness (QED) is 0.282. The number of nitrogens with zero attached hydrogens (tertiary/aromatic N) is 3. The molecule has 0 bridgehead atoms. The van der Waals surface area contributed by atoms with Crippen molar-refractivity contribution < 1.29 is 24.0 Å². The number of rotatable bonds is 5. The van der Waals surface area contributed by atoms with Crippen LogP contribution in [0.2, 0.25) is 10.0 Å². The second kappa shape index (κ2) is 8.53. The van der Waals surface area contributed by atoms with E-state index in [-0.39, 0.29) is 32.6 Å². The van der Waals surface area contributed by atoms with E-state index in [1.807, 2.05) is 0 Å². The summed E-state index contributed by atoms with van der Waals surface area (Å²) in [5.41, 5.74) is 0.927. The van der Waals surface area contributed by atoms with E-state index < -0.39 is 16.8 Å². The summed E-state index contributed by atoms with van der Waals surface area (Å²) in [5.74, 6) is -1.03. The Morgan fingerprint density at radius 3 is 2.58 bits per heavy atom. The van der Waals surface area contributed by atoms with E-state index in [2.05, 4.69) is 5.10 Å². The fraction of sp³-hybridized carbons (Fsp3) is 0.0455. The number of carbonyl (C=O) groups is 2. The van der Waals surface area contributed by atoms with Gasteiger partial charge in [-0.15, -0.1) is 0 Å². The van der Waals surface area contributed by atoms with Gasteiger partial charge in [0.1, 0.15) is 16.5 Å². The highest BCUT2D eigenvalue weighted by atomic mass is 35.5. The van der Waals surface area contributed by atoms with E-state index in [0.717, 1.165) is 5.01 Å². The van der Waals surface area contributed by atoms with E-state index in [1.54, 1.807) is 25.1 Å². The fourth-order valence-corrected chi connectivity index (χ4v) is 3.59. The summed E-state index contributed by atoms with van der Waals surface area (Å²) in [6.45, 7) is 1.63. The molecule has 2 heterocycles. The van der Waals surface area contributed by atoms with Gasteiger partial charge in [-0.05, 0) is 55.5 Å². The summed E-state index contributed by atoms with van der Waals surface area (Å²) in [6.07, 6.45) is 1.49. The number of hydrogen-bond acceptors (Lipinski definition) is 6. The molecule has 33 heavy (non-hydrogen) atoms. The highest BCUT2D eigenvalue weighted by molar-refractivity contribution is 6.34. The van der Waals surface area contributed by atoms with E-state index in [9.17, 15) is 24.8 Å². The van der Waals surface area contributed by atoms with Gasteiger partial charge in [0.05, 0.1) is 32.5 Å². The molecule has 0 fully saturated rings. The van der Waals surface area contributed by atoms with Crippen molar-refractivity contribution in [1.82, 2.24) is 0 Å². The Morgan fingerprint density at radius 1 is 1.15 bits per heavy atom. The maximum Gasteiger partial charge on any atom is 0.337 e. The van der Waals surface area contributed by atoms with Crippen LogP contribution in [-0.2, 0) is 4.79 Å². The van der Waals surface area contributed by atoms with Gasteiger partial charge in [0.25, 0.3) is 11.6 Å². The molecule has 1 aliphatic rings. The number of carboxylic acid groups (broad SMARTS) is 1. The molecule has 2 aromatic carbocycles. The standard InChI is InChI=1S/C22H13Cl2N3O6/c1-11-15(21(28)26(25-11)13-3-6-17(23)16(9-13)22(29)30)10-14-4-7-20(33-14)12-2-5-18(24)19(8-12)27(31)32/h2-10H,1H3,(H,29,30)/b15-10-. The van der Waals surface area contributed by atoms with Gasteiger partial charge in [-0.2, -0.15) is 10.1 Å². The number of halogens is 2. The SMILES string of the molecule is CC1=NN(c2ccc(Cl)c(C(=O)O)c2)C(=O)/C1=C\c1ccc(-c2ccc(Cl)c([N+](=O)[O-])c2)o1. The van der Waals surface area contributed by atoms with Gasteiger partial charge in [-0.25, -0.2) is 4.79 Å². The van der Waals surface area contributed by atoms with Crippen LogP contribution >= 0.6 is 23.2 Å². The van der Waals surface area contributed by atoms with Crippen molar-refractivity contribution in [3.05, 3.63) is 85.6 Å². The lowest BCUT2D eigenvalue weighted by atomic mass is 10.1. The molecule has 1 aliphatic heterocycles. The normalized spacial score (nSPS) is 14.6. The van der Waals surface area contributed by atoms with Crippen molar-refractivity contribution in [2.75, 3.05) is 5.01 Å². The molecule has 11 heteroatoms. The monoisotopic (exact) mass is 485 g/mol. The minimum absolute atomic E-state index is 0.00869. The third-order valence-corrected chi connectivity index (χ3v) is 5.48. The number of amides is 1. The molecular formula is C22H13Cl2N3O6. The summed E-state index contributed by atoms with van der Waals surface area (Å²) in [4.78, 5) is 34.8. The first-order valence-corrected chi connectivity index (χ1v) is 10.1. The van der Waals surface area contributed by atoms with Crippen molar-refractivity contribution in [2.24, 2.45) is 5.10 Å². The van der Waals surface area contributed by atoms with Crippen LogP contribution in [0, 0.1) is 10.1 Å². The first kappa shape index (κ1) is 22.3. The second-order valence-electron chi connectivity index (χ2n) is 6.95. The van der Waals surface area contributed by atoms with E-state index >= 15 is 0 Å². The predicted molar refractivity (Wildman–Crippen MR) is 123 cm³/mol. The number of anilines is 1. The number of nitro groups is 1. The number of carbonyl (C=O) groups excluding carboxylic acids is 1. The van der Waals surface area contributed by atoms with Crippen molar-refractivity contribution in [3.8, 4) is 11.3 Å². The Labute approximate surface area is 196 Å². The highest BCUT2D eigenvalue weighted by Crippen LogP contribution is 2.33. The molecule has 4 rings (SSSR count). The van der Waals surface area contributed by atoms with Crippen LogP contribution in [0.1, 0.15) is 23.0 Å².